The molecule has 3 N–H and O–H groups in total. The Bertz CT molecular complexity index is 930. The molecule has 0 fully saturated rings. The highest BCUT2D eigenvalue weighted by atomic mass is 35.5. The summed E-state index contributed by atoms with van der Waals surface area (Å²) >= 11 is 5.83. The van der Waals surface area contributed by atoms with Gasteiger partial charge in [-0.05, 0) is 36.8 Å². The quantitative estimate of drug-likeness (QED) is 0.628. The van der Waals surface area contributed by atoms with Gasteiger partial charge in [-0.25, -0.2) is 0 Å². The molecule has 0 aliphatic heterocycles. The first kappa shape index (κ1) is 18.6. The van der Waals surface area contributed by atoms with Crippen LogP contribution in [-0.4, -0.2) is 20.9 Å². The van der Waals surface area contributed by atoms with Crippen LogP contribution in [0.5, 0.6) is 0 Å². The van der Waals surface area contributed by atoms with E-state index in [1.54, 1.807) is 24.3 Å². The molecule has 0 atom stereocenters. The van der Waals surface area contributed by atoms with Gasteiger partial charge in [-0.3, -0.25) is 4.79 Å². The number of rotatable bonds is 6. The van der Waals surface area contributed by atoms with Crippen molar-refractivity contribution in [2.45, 2.75) is 20.0 Å². The lowest BCUT2D eigenvalue weighted by Gasteiger charge is -2.08. The number of nitrogens with two attached hydrogens (primary N) is 1. The largest absolute Gasteiger partial charge is 0.457 e. The Balaban J connectivity index is 1.61. The number of aromatic nitrogens is 3. The average molecular weight is 384 g/mol. The first-order chi connectivity index (χ1) is 13.0. The van der Waals surface area contributed by atoms with Crippen molar-refractivity contribution in [1.82, 2.24) is 15.0 Å². The van der Waals surface area contributed by atoms with Crippen LogP contribution in [0.15, 0.2) is 48.5 Å². The lowest BCUT2D eigenvalue weighted by molar-refractivity contribution is -0.144. The number of anilines is 3. The molecule has 0 unspecified atom stereocenters. The van der Waals surface area contributed by atoms with E-state index in [-0.39, 0.29) is 30.7 Å². The lowest BCUT2D eigenvalue weighted by Crippen LogP contribution is -2.12. The number of hydrogen-bond acceptors (Lipinski definition) is 7. The minimum Gasteiger partial charge on any atom is -0.457 e. The highest BCUT2D eigenvalue weighted by Gasteiger charge is 2.09. The number of benzene rings is 2. The number of aryl methyl sites for hydroxylation is 1. The predicted molar refractivity (Wildman–Crippen MR) is 104 cm³/mol. The van der Waals surface area contributed by atoms with Crippen molar-refractivity contribution in [2.75, 3.05) is 11.1 Å². The molecule has 0 saturated heterocycles. The van der Waals surface area contributed by atoms with Gasteiger partial charge < -0.3 is 15.8 Å². The molecule has 0 radical (unpaired) electrons. The number of carbonyl (C=O) groups is 1. The Morgan fingerprint density at radius 2 is 1.78 bits per heavy atom. The van der Waals surface area contributed by atoms with Gasteiger partial charge in [-0.15, -0.1) is 0 Å². The third-order valence-corrected chi connectivity index (χ3v) is 3.88. The third kappa shape index (κ3) is 5.65. The minimum absolute atomic E-state index is 0.0448. The zero-order valence-electron chi connectivity index (χ0n) is 14.6. The summed E-state index contributed by atoms with van der Waals surface area (Å²) in [5, 5.41) is 3.66. The average Bonchev–Trinajstić information content (AvgIpc) is 2.63. The molecular weight excluding hydrogens is 366 g/mol. The first-order valence-electron chi connectivity index (χ1n) is 8.22. The maximum atomic E-state index is 12.0. The fourth-order valence-electron chi connectivity index (χ4n) is 2.29. The summed E-state index contributed by atoms with van der Waals surface area (Å²) in [7, 11) is 0. The molecule has 0 spiro atoms. The van der Waals surface area contributed by atoms with E-state index in [9.17, 15) is 4.79 Å². The summed E-state index contributed by atoms with van der Waals surface area (Å²) in [6.45, 7) is 1.91. The Hall–Kier alpha value is -3.19. The van der Waals surface area contributed by atoms with Gasteiger partial charge in [0.2, 0.25) is 11.9 Å². The van der Waals surface area contributed by atoms with E-state index in [2.05, 4.69) is 20.3 Å². The molecule has 0 saturated carbocycles. The zero-order valence-corrected chi connectivity index (χ0v) is 15.4. The molecule has 3 rings (SSSR count). The van der Waals surface area contributed by atoms with Gasteiger partial charge in [0, 0.05) is 10.7 Å². The molecule has 1 aromatic heterocycles. The zero-order chi connectivity index (χ0) is 19.2. The number of nitrogens with zero attached hydrogens (tertiary/aromatic N) is 3. The molecule has 2 aromatic carbocycles. The Kier molecular flexibility index (Phi) is 5.83. The smallest absolute Gasteiger partial charge is 0.310 e. The molecule has 7 nitrogen and oxygen atoms in total. The Labute approximate surface area is 161 Å². The molecular formula is C19H18ClN5O2. The molecule has 27 heavy (non-hydrogen) atoms. The SMILES string of the molecule is Cc1ccc(Nc2nc(N)nc(COC(=O)Cc3ccc(Cl)cc3)n2)cc1. The Morgan fingerprint density at radius 1 is 1.07 bits per heavy atom. The van der Waals surface area contributed by atoms with Crippen molar-refractivity contribution in [3.63, 3.8) is 0 Å². The summed E-state index contributed by atoms with van der Waals surface area (Å²) in [4.78, 5) is 24.3. The van der Waals surface area contributed by atoms with E-state index in [0.29, 0.717) is 5.02 Å². The van der Waals surface area contributed by atoms with Gasteiger partial charge in [0.1, 0.15) is 0 Å². The van der Waals surface area contributed by atoms with Gasteiger partial charge in [-0.1, -0.05) is 41.4 Å². The van der Waals surface area contributed by atoms with Crippen LogP contribution in [0.3, 0.4) is 0 Å². The highest BCUT2D eigenvalue weighted by molar-refractivity contribution is 6.30. The second kappa shape index (κ2) is 8.46. The van der Waals surface area contributed by atoms with Crippen molar-refractivity contribution < 1.29 is 9.53 Å². The number of carbonyl (C=O) groups excluding carboxylic acids is 1. The molecule has 1 heterocycles. The maximum Gasteiger partial charge on any atom is 0.310 e. The van der Waals surface area contributed by atoms with Crippen LogP contribution in [0.2, 0.25) is 5.02 Å². The summed E-state index contributed by atoms with van der Waals surface area (Å²) in [5.74, 6) is 0.199. The van der Waals surface area contributed by atoms with Crippen LogP contribution >= 0.6 is 11.6 Å². The van der Waals surface area contributed by atoms with Gasteiger partial charge >= 0.3 is 5.97 Å². The molecule has 8 heteroatoms. The van der Waals surface area contributed by atoms with Gasteiger partial charge in [0.25, 0.3) is 0 Å². The van der Waals surface area contributed by atoms with Crippen LogP contribution in [0.4, 0.5) is 17.6 Å². The molecule has 0 aliphatic rings. The van der Waals surface area contributed by atoms with Crippen LogP contribution < -0.4 is 11.1 Å². The van der Waals surface area contributed by atoms with E-state index in [0.717, 1.165) is 16.8 Å². The van der Waals surface area contributed by atoms with E-state index in [4.69, 9.17) is 22.1 Å². The normalized spacial score (nSPS) is 10.4. The van der Waals surface area contributed by atoms with Gasteiger partial charge in [-0.2, -0.15) is 15.0 Å². The Morgan fingerprint density at radius 3 is 2.48 bits per heavy atom. The second-order valence-electron chi connectivity index (χ2n) is 5.89. The fourth-order valence-corrected chi connectivity index (χ4v) is 2.42. The molecule has 0 bridgehead atoms. The van der Waals surface area contributed by atoms with Crippen molar-refractivity contribution in [3.8, 4) is 0 Å². The molecule has 138 valence electrons. The molecule has 0 aliphatic carbocycles. The van der Waals surface area contributed by atoms with Crippen LogP contribution in [-0.2, 0) is 22.6 Å². The minimum atomic E-state index is -0.399. The molecule has 3 aromatic rings. The van der Waals surface area contributed by atoms with Crippen molar-refractivity contribution >= 4 is 35.2 Å². The van der Waals surface area contributed by atoms with E-state index in [1.807, 2.05) is 31.2 Å². The van der Waals surface area contributed by atoms with E-state index < -0.39 is 5.97 Å². The summed E-state index contributed by atoms with van der Waals surface area (Å²) < 4.78 is 5.23. The lowest BCUT2D eigenvalue weighted by atomic mass is 10.1. The first-order valence-corrected chi connectivity index (χ1v) is 8.60. The number of nitrogens with one attached hydrogen (secondary N) is 1. The van der Waals surface area contributed by atoms with Crippen molar-refractivity contribution in [1.29, 1.82) is 0 Å². The standard InChI is InChI=1S/C19H18ClN5O2/c1-12-2-8-15(9-3-12)22-19-24-16(23-18(21)25-19)11-27-17(26)10-13-4-6-14(20)7-5-13/h2-9H,10-11H2,1H3,(H3,21,22,23,24,25). The fraction of sp³-hybridized carbons (Fsp3) is 0.158. The number of hydrogen-bond donors (Lipinski definition) is 2. The number of nitrogen functional groups attached to an aromatic ring is 1. The maximum absolute atomic E-state index is 12.0. The van der Waals surface area contributed by atoms with Gasteiger partial charge in [0.05, 0.1) is 6.42 Å². The second-order valence-corrected chi connectivity index (χ2v) is 6.32. The third-order valence-electron chi connectivity index (χ3n) is 3.63. The van der Waals surface area contributed by atoms with Crippen LogP contribution in [0, 0.1) is 6.92 Å². The van der Waals surface area contributed by atoms with E-state index in [1.165, 1.54) is 0 Å². The summed E-state index contributed by atoms with van der Waals surface area (Å²) in [6.07, 6.45) is 0.131. The summed E-state index contributed by atoms with van der Waals surface area (Å²) in [5.41, 5.74) is 8.49. The van der Waals surface area contributed by atoms with E-state index >= 15 is 0 Å². The summed E-state index contributed by atoms with van der Waals surface area (Å²) in [6, 6.07) is 14.7. The highest BCUT2D eigenvalue weighted by Crippen LogP contribution is 2.15. The number of ether oxygens (including phenoxy) is 1. The van der Waals surface area contributed by atoms with Crippen molar-refractivity contribution in [2.24, 2.45) is 0 Å². The van der Waals surface area contributed by atoms with Crippen molar-refractivity contribution in [3.05, 3.63) is 70.5 Å². The number of esters is 1. The predicted octanol–water partition coefficient (Wildman–Crippen LogP) is 3.45. The van der Waals surface area contributed by atoms with Crippen LogP contribution in [0.25, 0.3) is 0 Å². The number of halogens is 1. The molecule has 0 amide bonds. The topological polar surface area (TPSA) is 103 Å². The van der Waals surface area contributed by atoms with Crippen LogP contribution in [0.1, 0.15) is 17.0 Å². The monoisotopic (exact) mass is 383 g/mol. The van der Waals surface area contributed by atoms with Gasteiger partial charge in [0.15, 0.2) is 12.4 Å².